The highest BCUT2D eigenvalue weighted by Gasteiger charge is 2.37. The van der Waals surface area contributed by atoms with Gasteiger partial charge in [-0.1, -0.05) is 0 Å². The molecule has 6 nitrogen and oxygen atoms in total. The molecule has 3 aliphatic heterocycles. The van der Waals surface area contributed by atoms with Crippen LogP contribution in [0.25, 0.3) is 0 Å². The van der Waals surface area contributed by atoms with Gasteiger partial charge in [-0.25, -0.2) is 0 Å². The summed E-state index contributed by atoms with van der Waals surface area (Å²) in [5, 5.41) is 3.41. The summed E-state index contributed by atoms with van der Waals surface area (Å²) < 4.78 is 0. The lowest BCUT2D eigenvalue weighted by Gasteiger charge is -2.32. The number of nitrogens with zero attached hydrogens (tertiary/aromatic N) is 2. The molecule has 0 aromatic carbocycles. The molecular formula is C14H25ClN4O2. The molecule has 0 aliphatic carbocycles. The average Bonchev–Trinajstić information content (AvgIpc) is 2.99. The van der Waals surface area contributed by atoms with Gasteiger partial charge in [0, 0.05) is 26.2 Å². The molecule has 3 saturated heterocycles. The minimum atomic E-state index is -0.274. The van der Waals surface area contributed by atoms with Crippen LogP contribution >= 0.6 is 12.4 Å². The average molecular weight is 317 g/mol. The van der Waals surface area contributed by atoms with Crippen molar-refractivity contribution in [1.29, 1.82) is 0 Å². The molecule has 1 unspecified atom stereocenters. The largest absolute Gasteiger partial charge is 0.369 e. The van der Waals surface area contributed by atoms with E-state index in [0.717, 1.165) is 45.6 Å². The second kappa shape index (κ2) is 6.94. The predicted molar refractivity (Wildman–Crippen MR) is 82.0 cm³/mol. The van der Waals surface area contributed by atoms with E-state index in [1.165, 1.54) is 0 Å². The smallest absolute Gasteiger partial charge is 0.236 e. The number of primary amides is 1. The van der Waals surface area contributed by atoms with Gasteiger partial charge in [-0.3, -0.25) is 14.5 Å². The van der Waals surface area contributed by atoms with Gasteiger partial charge in [-0.15, -0.1) is 12.4 Å². The zero-order chi connectivity index (χ0) is 14.1. The van der Waals surface area contributed by atoms with Crippen molar-refractivity contribution in [1.82, 2.24) is 15.1 Å². The number of halogens is 1. The Balaban J connectivity index is 0.00000161. The topological polar surface area (TPSA) is 78.7 Å². The fourth-order valence-electron chi connectivity index (χ4n) is 3.81. The third kappa shape index (κ3) is 3.67. The maximum absolute atomic E-state index is 12.4. The molecular weight excluding hydrogens is 292 g/mol. The summed E-state index contributed by atoms with van der Waals surface area (Å²) in [6, 6.07) is 0. The Morgan fingerprint density at radius 2 is 1.81 bits per heavy atom. The molecule has 0 aromatic heterocycles. The van der Waals surface area contributed by atoms with E-state index >= 15 is 0 Å². The molecule has 0 bridgehead atoms. The molecule has 3 N–H and O–H groups in total. The van der Waals surface area contributed by atoms with Crippen LogP contribution in [0.5, 0.6) is 0 Å². The van der Waals surface area contributed by atoms with Crippen molar-refractivity contribution in [2.75, 3.05) is 45.8 Å². The van der Waals surface area contributed by atoms with Gasteiger partial charge in [0.2, 0.25) is 11.8 Å². The molecule has 3 heterocycles. The maximum atomic E-state index is 12.4. The molecule has 3 atom stereocenters. The van der Waals surface area contributed by atoms with Gasteiger partial charge in [0.25, 0.3) is 0 Å². The highest BCUT2D eigenvalue weighted by molar-refractivity contribution is 5.85. The number of carbonyl (C=O) groups excluding carboxylic acids is 2. The first-order chi connectivity index (χ1) is 9.63. The molecule has 0 radical (unpaired) electrons. The van der Waals surface area contributed by atoms with Crippen LogP contribution in [-0.4, -0.2) is 67.4 Å². The van der Waals surface area contributed by atoms with Crippen LogP contribution < -0.4 is 11.1 Å². The molecule has 7 heteroatoms. The first-order valence-electron chi connectivity index (χ1n) is 7.63. The Hall–Kier alpha value is -0.850. The van der Waals surface area contributed by atoms with Gasteiger partial charge >= 0.3 is 0 Å². The van der Waals surface area contributed by atoms with Gasteiger partial charge in [-0.05, 0) is 37.8 Å². The van der Waals surface area contributed by atoms with Crippen LogP contribution in [-0.2, 0) is 9.59 Å². The van der Waals surface area contributed by atoms with Crippen molar-refractivity contribution in [2.45, 2.75) is 12.8 Å². The first kappa shape index (κ1) is 16.5. The molecule has 0 saturated carbocycles. The number of likely N-dealkylation sites (tertiary alicyclic amines) is 2. The summed E-state index contributed by atoms with van der Waals surface area (Å²) in [4.78, 5) is 27.7. The van der Waals surface area contributed by atoms with Crippen LogP contribution in [0.2, 0.25) is 0 Å². The van der Waals surface area contributed by atoms with Crippen molar-refractivity contribution in [3.63, 3.8) is 0 Å². The number of rotatable bonds is 3. The minimum absolute atomic E-state index is 0. The quantitative estimate of drug-likeness (QED) is 0.720. The number of nitrogens with one attached hydrogen (secondary N) is 1. The summed E-state index contributed by atoms with van der Waals surface area (Å²) >= 11 is 0. The lowest BCUT2D eigenvalue weighted by atomic mass is 9.97. The highest BCUT2D eigenvalue weighted by atomic mass is 35.5. The van der Waals surface area contributed by atoms with E-state index < -0.39 is 0 Å². The van der Waals surface area contributed by atoms with Crippen LogP contribution in [0.4, 0.5) is 0 Å². The lowest BCUT2D eigenvalue weighted by molar-refractivity contribution is -0.135. The Morgan fingerprint density at radius 3 is 2.43 bits per heavy atom. The lowest BCUT2D eigenvalue weighted by Crippen LogP contribution is -2.47. The SMILES string of the molecule is Cl.NC(=O)C1CCCN(C(=O)CN2C[C@H]3CNC[C@H]3C2)C1. The fraction of sp³-hybridized carbons (Fsp3) is 0.857. The summed E-state index contributed by atoms with van der Waals surface area (Å²) in [7, 11) is 0. The Bertz CT molecular complexity index is 394. The first-order valence-corrected chi connectivity index (χ1v) is 7.63. The molecule has 3 aliphatic rings. The van der Waals surface area contributed by atoms with E-state index in [4.69, 9.17) is 5.73 Å². The Kier molecular flexibility index (Phi) is 5.46. The van der Waals surface area contributed by atoms with Crippen LogP contribution in [0.1, 0.15) is 12.8 Å². The monoisotopic (exact) mass is 316 g/mol. The van der Waals surface area contributed by atoms with Crippen LogP contribution in [0.3, 0.4) is 0 Å². The Labute approximate surface area is 131 Å². The molecule has 0 spiro atoms. The predicted octanol–water partition coefficient (Wildman–Crippen LogP) is -0.717. The molecule has 21 heavy (non-hydrogen) atoms. The number of hydrogen-bond donors (Lipinski definition) is 2. The van der Waals surface area contributed by atoms with Gasteiger partial charge in [0.05, 0.1) is 12.5 Å². The maximum Gasteiger partial charge on any atom is 0.236 e. The van der Waals surface area contributed by atoms with E-state index in [1.807, 2.05) is 4.90 Å². The zero-order valence-electron chi connectivity index (χ0n) is 12.3. The van der Waals surface area contributed by atoms with Gasteiger partial charge in [0.15, 0.2) is 0 Å². The molecule has 0 aromatic rings. The third-order valence-electron chi connectivity index (χ3n) is 5.00. The van der Waals surface area contributed by atoms with Gasteiger partial charge in [-0.2, -0.15) is 0 Å². The number of fused-ring (bicyclic) bond motifs is 1. The normalized spacial score (nSPS) is 32.6. The molecule has 120 valence electrons. The second-order valence-corrected chi connectivity index (χ2v) is 6.45. The summed E-state index contributed by atoms with van der Waals surface area (Å²) in [5.74, 6) is 1.15. The Morgan fingerprint density at radius 1 is 1.14 bits per heavy atom. The van der Waals surface area contributed by atoms with E-state index in [9.17, 15) is 9.59 Å². The number of carbonyl (C=O) groups is 2. The second-order valence-electron chi connectivity index (χ2n) is 6.45. The zero-order valence-corrected chi connectivity index (χ0v) is 13.1. The van der Waals surface area contributed by atoms with Crippen molar-refractivity contribution in [3.8, 4) is 0 Å². The third-order valence-corrected chi connectivity index (χ3v) is 5.00. The number of hydrogen-bond acceptors (Lipinski definition) is 4. The van der Waals surface area contributed by atoms with Crippen LogP contribution in [0, 0.1) is 17.8 Å². The van der Waals surface area contributed by atoms with Crippen molar-refractivity contribution < 1.29 is 9.59 Å². The van der Waals surface area contributed by atoms with E-state index in [-0.39, 0.29) is 30.1 Å². The standard InChI is InChI=1S/C14H24N4O2.ClH/c15-14(20)10-2-1-3-18(8-10)13(19)9-17-6-11-4-16-5-12(11)7-17;/h10-12,16H,1-9H2,(H2,15,20);1H/t10?,11-,12+;. The van der Waals surface area contributed by atoms with Gasteiger partial charge < -0.3 is 16.0 Å². The van der Waals surface area contributed by atoms with Crippen LogP contribution in [0.15, 0.2) is 0 Å². The summed E-state index contributed by atoms with van der Waals surface area (Å²) in [5.41, 5.74) is 5.36. The minimum Gasteiger partial charge on any atom is -0.369 e. The number of piperidine rings is 1. The fourth-order valence-corrected chi connectivity index (χ4v) is 3.81. The summed E-state index contributed by atoms with van der Waals surface area (Å²) in [6.45, 7) is 6.00. The highest BCUT2D eigenvalue weighted by Crippen LogP contribution is 2.26. The summed E-state index contributed by atoms with van der Waals surface area (Å²) in [6.07, 6.45) is 1.70. The van der Waals surface area contributed by atoms with Gasteiger partial charge in [0.1, 0.15) is 0 Å². The van der Waals surface area contributed by atoms with Crippen molar-refractivity contribution in [3.05, 3.63) is 0 Å². The molecule has 2 amide bonds. The van der Waals surface area contributed by atoms with E-state index in [2.05, 4.69) is 10.2 Å². The van der Waals surface area contributed by atoms with Crippen molar-refractivity contribution >= 4 is 24.2 Å². The number of amides is 2. The van der Waals surface area contributed by atoms with E-state index in [1.54, 1.807) is 0 Å². The number of nitrogens with two attached hydrogens (primary N) is 1. The van der Waals surface area contributed by atoms with Crippen molar-refractivity contribution in [2.24, 2.45) is 23.5 Å². The van der Waals surface area contributed by atoms with E-state index in [0.29, 0.717) is 24.9 Å². The molecule has 3 rings (SSSR count). The molecule has 3 fully saturated rings.